The molecule has 26 heavy (non-hydrogen) atoms. The number of nitrogens with zero attached hydrogens (tertiary/aromatic N) is 2. The molecule has 0 saturated carbocycles. The highest BCUT2D eigenvalue weighted by Crippen LogP contribution is 2.22. The fourth-order valence-corrected chi connectivity index (χ4v) is 2.81. The number of hydrogen-bond donors (Lipinski definition) is 1. The summed E-state index contributed by atoms with van der Waals surface area (Å²) in [6.07, 6.45) is 1.72. The first-order chi connectivity index (χ1) is 12.2. The predicted molar refractivity (Wildman–Crippen MR) is 104 cm³/mol. The summed E-state index contributed by atoms with van der Waals surface area (Å²) in [6.45, 7) is 9.99. The minimum atomic E-state index is -0.319. The van der Waals surface area contributed by atoms with Gasteiger partial charge in [-0.15, -0.1) is 0 Å². The Bertz CT molecular complexity index is 1040. The van der Waals surface area contributed by atoms with Gasteiger partial charge >= 0.3 is 0 Å². The lowest BCUT2D eigenvalue weighted by Gasteiger charge is -2.19. The lowest BCUT2D eigenvalue weighted by Crippen LogP contribution is -2.25. The molecule has 0 atom stereocenters. The first kappa shape index (κ1) is 17.9. The van der Waals surface area contributed by atoms with Crippen molar-refractivity contribution in [1.29, 1.82) is 0 Å². The molecule has 134 valence electrons. The number of fused-ring (bicyclic) bond motifs is 1. The van der Waals surface area contributed by atoms with E-state index in [1.807, 2.05) is 25.1 Å². The zero-order chi connectivity index (χ0) is 19.1. The first-order valence-electron chi connectivity index (χ1n) is 8.58. The molecule has 1 aromatic carbocycles. The summed E-state index contributed by atoms with van der Waals surface area (Å²) in [4.78, 5) is 29.8. The second-order valence-corrected chi connectivity index (χ2v) is 7.59. The van der Waals surface area contributed by atoms with E-state index in [-0.39, 0.29) is 22.6 Å². The molecule has 2 aromatic heterocycles. The quantitative estimate of drug-likeness (QED) is 0.764. The molecule has 0 aliphatic carbocycles. The number of anilines is 1. The van der Waals surface area contributed by atoms with Gasteiger partial charge in [0.25, 0.3) is 11.5 Å². The van der Waals surface area contributed by atoms with Gasteiger partial charge in [0.05, 0.1) is 5.69 Å². The monoisotopic (exact) mass is 349 g/mol. The maximum absolute atomic E-state index is 12.8. The topological polar surface area (TPSA) is 63.5 Å². The number of aromatic nitrogens is 2. The molecule has 0 spiro atoms. The van der Waals surface area contributed by atoms with Crippen molar-refractivity contribution in [2.24, 2.45) is 0 Å². The minimum absolute atomic E-state index is 0.0184. The summed E-state index contributed by atoms with van der Waals surface area (Å²) in [5.41, 5.74) is 3.60. The van der Waals surface area contributed by atoms with E-state index in [2.05, 4.69) is 31.1 Å². The van der Waals surface area contributed by atoms with Crippen LogP contribution in [-0.4, -0.2) is 15.3 Å². The Balaban J connectivity index is 1.96. The van der Waals surface area contributed by atoms with Gasteiger partial charge in [-0.25, -0.2) is 4.98 Å². The van der Waals surface area contributed by atoms with Crippen LogP contribution in [0.15, 0.2) is 47.4 Å². The second kappa shape index (κ2) is 6.41. The van der Waals surface area contributed by atoms with Gasteiger partial charge in [-0.1, -0.05) is 39.0 Å². The predicted octanol–water partition coefficient (Wildman–Crippen LogP) is 3.86. The van der Waals surface area contributed by atoms with Crippen molar-refractivity contribution in [2.45, 2.75) is 40.0 Å². The molecule has 3 rings (SSSR count). The average Bonchev–Trinajstić information content (AvgIpc) is 2.58. The Morgan fingerprint density at radius 3 is 2.31 bits per heavy atom. The third kappa shape index (κ3) is 3.38. The van der Waals surface area contributed by atoms with Crippen LogP contribution in [0.25, 0.3) is 5.65 Å². The molecule has 1 amide bonds. The molecule has 0 bridgehead atoms. The number of carbonyl (C=O) groups excluding carboxylic acids is 1. The third-order valence-corrected chi connectivity index (χ3v) is 4.40. The van der Waals surface area contributed by atoms with E-state index in [0.717, 1.165) is 11.1 Å². The Hall–Kier alpha value is -2.95. The van der Waals surface area contributed by atoms with Crippen LogP contribution in [0.4, 0.5) is 5.69 Å². The van der Waals surface area contributed by atoms with Crippen molar-refractivity contribution in [3.8, 4) is 0 Å². The van der Waals surface area contributed by atoms with E-state index < -0.39 is 0 Å². The fraction of sp³-hybridized carbons (Fsp3) is 0.286. The number of aryl methyl sites for hydroxylation is 2. The SMILES string of the molecule is Cc1ccc2nc(C)c(NC(=O)c3ccc(C(C)(C)C)cc3)c(=O)n2c1. The van der Waals surface area contributed by atoms with E-state index in [1.54, 1.807) is 31.3 Å². The number of rotatable bonds is 2. The maximum Gasteiger partial charge on any atom is 0.281 e. The summed E-state index contributed by atoms with van der Waals surface area (Å²) < 4.78 is 1.46. The Morgan fingerprint density at radius 2 is 1.69 bits per heavy atom. The molecule has 2 heterocycles. The molecular formula is C21H23N3O2. The highest BCUT2D eigenvalue weighted by molar-refractivity contribution is 6.04. The molecule has 0 aliphatic heterocycles. The summed E-state index contributed by atoms with van der Waals surface area (Å²) >= 11 is 0. The Kier molecular flexibility index (Phi) is 4.40. The molecule has 1 N–H and O–H groups in total. The van der Waals surface area contributed by atoms with Crippen molar-refractivity contribution in [3.63, 3.8) is 0 Å². The maximum atomic E-state index is 12.8. The molecule has 0 aliphatic rings. The molecule has 0 radical (unpaired) electrons. The van der Waals surface area contributed by atoms with Gasteiger partial charge in [-0.2, -0.15) is 0 Å². The van der Waals surface area contributed by atoms with Crippen molar-refractivity contribution in [2.75, 3.05) is 5.32 Å². The highest BCUT2D eigenvalue weighted by Gasteiger charge is 2.16. The van der Waals surface area contributed by atoms with E-state index in [4.69, 9.17) is 0 Å². The summed E-state index contributed by atoms with van der Waals surface area (Å²) in [5.74, 6) is -0.319. The van der Waals surface area contributed by atoms with Crippen LogP contribution in [0.3, 0.4) is 0 Å². The number of benzene rings is 1. The van der Waals surface area contributed by atoms with Crippen molar-refractivity contribution >= 4 is 17.2 Å². The van der Waals surface area contributed by atoms with E-state index >= 15 is 0 Å². The van der Waals surface area contributed by atoms with Crippen LogP contribution in [0, 0.1) is 13.8 Å². The van der Waals surface area contributed by atoms with Gasteiger partial charge in [0.15, 0.2) is 0 Å². The zero-order valence-corrected chi connectivity index (χ0v) is 15.8. The number of pyridine rings is 1. The summed E-state index contributed by atoms with van der Waals surface area (Å²) in [7, 11) is 0. The number of hydrogen-bond acceptors (Lipinski definition) is 3. The molecule has 0 unspecified atom stereocenters. The zero-order valence-electron chi connectivity index (χ0n) is 15.8. The van der Waals surface area contributed by atoms with E-state index in [0.29, 0.717) is 16.9 Å². The van der Waals surface area contributed by atoms with Crippen LogP contribution in [0.1, 0.15) is 48.0 Å². The third-order valence-electron chi connectivity index (χ3n) is 4.40. The highest BCUT2D eigenvalue weighted by atomic mass is 16.2. The van der Waals surface area contributed by atoms with Crippen molar-refractivity contribution < 1.29 is 4.79 Å². The van der Waals surface area contributed by atoms with Crippen LogP contribution >= 0.6 is 0 Å². The summed E-state index contributed by atoms with van der Waals surface area (Å²) in [5, 5.41) is 2.73. The minimum Gasteiger partial charge on any atom is -0.316 e. The molecule has 0 fully saturated rings. The first-order valence-corrected chi connectivity index (χ1v) is 8.58. The van der Waals surface area contributed by atoms with Crippen LogP contribution < -0.4 is 10.9 Å². The molecule has 0 saturated heterocycles. The standard InChI is InChI=1S/C21H23N3O2/c1-13-6-11-17-22-14(2)18(20(26)24(17)12-13)23-19(25)15-7-9-16(10-8-15)21(3,4)5/h6-12H,1-5H3,(H,23,25). The van der Waals surface area contributed by atoms with E-state index in [9.17, 15) is 9.59 Å². The number of nitrogens with one attached hydrogen (secondary N) is 1. The van der Waals surface area contributed by atoms with E-state index in [1.165, 1.54) is 4.40 Å². The molecule has 5 nitrogen and oxygen atoms in total. The largest absolute Gasteiger partial charge is 0.316 e. The molecule has 5 heteroatoms. The normalized spacial score (nSPS) is 11.6. The van der Waals surface area contributed by atoms with Crippen molar-refractivity contribution in [1.82, 2.24) is 9.38 Å². The fourth-order valence-electron chi connectivity index (χ4n) is 2.81. The Labute approximate surface area is 152 Å². The lowest BCUT2D eigenvalue weighted by molar-refractivity contribution is 0.102. The van der Waals surface area contributed by atoms with Gasteiger partial charge in [0, 0.05) is 11.8 Å². The number of amides is 1. The molecular weight excluding hydrogens is 326 g/mol. The van der Waals surface area contributed by atoms with Crippen LogP contribution in [-0.2, 0) is 5.41 Å². The average molecular weight is 349 g/mol. The van der Waals surface area contributed by atoms with Crippen LogP contribution in [0.2, 0.25) is 0 Å². The Morgan fingerprint density at radius 1 is 1.04 bits per heavy atom. The van der Waals surface area contributed by atoms with Gasteiger partial charge in [0.2, 0.25) is 0 Å². The van der Waals surface area contributed by atoms with Crippen LogP contribution in [0.5, 0.6) is 0 Å². The second-order valence-electron chi connectivity index (χ2n) is 7.59. The van der Waals surface area contributed by atoms with Gasteiger partial charge in [-0.05, 0) is 48.6 Å². The van der Waals surface area contributed by atoms with Crippen molar-refractivity contribution in [3.05, 3.63) is 75.3 Å². The summed E-state index contributed by atoms with van der Waals surface area (Å²) in [6, 6.07) is 11.1. The lowest BCUT2D eigenvalue weighted by atomic mass is 9.87. The smallest absolute Gasteiger partial charge is 0.281 e. The van der Waals surface area contributed by atoms with Gasteiger partial charge in [0.1, 0.15) is 11.3 Å². The number of carbonyl (C=O) groups is 1. The van der Waals surface area contributed by atoms with Gasteiger partial charge in [-0.3, -0.25) is 14.0 Å². The molecule has 3 aromatic rings. The van der Waals surface area contributed by atoms with Gasteiger partial charge < -0.3 is 5.32 Å².